The van der Waals surface area contributed by atoms with Gasteiger partial charge < -0.3 is 0 Å². The standard InChI is InChI=1S/C36H42/c1-3-7-25(8-4-1)11-13-35-21-27-15-28(22-35)18-31(17-27)33(35)34-32-19-29-16-30(20-32)24-36(34,23-29)14-12-26-9-5-2-6-10-26/h1-14,27-34H,15-24H2/b13-11+,14-12+. The quantitative estimate of drug-likeness (QED) is 0.405. The maximum Gasteiger partial charge on any atom is -0.00757 e. The first kappa shape index (κ1) is 22.0. The summed E-state index contributed by atoms with van der Waals surface area (Å²) in [6.45, 7) is 0. The normalized spacial score (nSPS) is 46.3. The fraction of sp³-hybridized carbons (Fsp3) is 0.556. The fourth-order valence-electron chi connectivity index (χ4n) is 11.7. The molecule has 0 spiro atoms. The van der Waals surface area contributed by atoms with E-state index in [9.17, 15) is 0 Å². The van der Waals surface area contributed by atoms with Crippen LogP contribution >= 0.6 is 0 Å². The lowest BCUT2D eigenvalue weighted by Crippen LogP contribution is -2.62. The van der Waals surface area contributed by atoms with Gasteiger partial charge in [0.05, 0.1) is 0 Å². The molecular weight excluding hydrogens is 432 g/mol. The van der Waals surface area contributed by atoms with Crippen LogP contribution in [0.5, 0.6) is 0 Å². The molecule has 36 heavy (non-hydrogen) atoms. The number of fused-ring (bicyclic) bond motifs is 1. The third kappa shape index (κ3) is 3.46. The minimum absolute atomic E-state index is 0.443. The van der Waals surface area contributed by atoms with Crippen LogP contribution in [0.4, 0.5) is 0 Å². The molecule has 186 valence electrons. The van der Waals surface area contributed by atoms with Crippen molar-refractivity contribution in [2.45, 2.75) is 64.2 Å². The zero-order valence-electron chi connectivity index (χ0n) is 21.8. The topological polar surface area (TPSA) is 0 Å². The van der Waals surface area contributed by atoms with Crippen molar-refractivity contribution in [2.75, 3.05) is 0 Å². The van der Waals surface area contributed by atoms with Gasteiger partial charge in [0.25, 0.3) is 0 Å². The van der Waals surface area contributed by atoms with Gasteiger partial charge in [0.2, 0.25) is 0 Å². The minimum Gasteiger partial charge on any atom is -0.0774 e. The lowest BCUT2D eigenvalue weighted by atomic mass is 9.35. The lowest BCUT2D eigenvalue weighted by molar-refractivity contribution is -0.184. The number of allylic oxidation sites excluding steroid dienone is 2. The van der Waals surface area contributed by atoms with E-state index in [1.807, 2.05) is 0 Å². The van der Waals surface area contributed by atoms with E-state index in [4.69, 9.17) is 0 Å². The van der Waals surface area contributed by atoms with Gasteiger partial charge in [-0.05, 0) is 134 Å². The molecule has 0 N–H and O–H groups in total. The van der Waals surface area contributed by atoms with Crippen LogP contribution in [0.15, 0.2) is 72.8 Å². The van der Waals surface area contributed by atoms with E-state index < -0.39 is 0 Å². The number of hydrogen-bond donors (Lipinski definition) is 0. The summed E-state index contributed by atoms with van der Waals surface area (Å²) in [6.07, 6.45) is 25.7. The summed E-state index contributed by atoms with van der Waals surface area (Å²) in [4.78, 5) is 0. The van der Waals surface area contributed by atoms with Crippen LogP contribution in [0.2, 0.25) is 0 Å². The maximum atomic E-state index is 2.79. The van der Waals surface area contributed by atoms with Crippen LogP contribution in [0, 0.1) is 58.2 Å². The molecule has 8 bridgehead atoms. The fourth-order valence-corrected chi connectivity index (χ4v) is 11.7. The molecule has 0 heterocycles. The van der Waals surface area contributed by atoms with Gasteiger partial charge in [-0.25, -0.2) is 0 Å². The molecule has 8 aliphatic rings. The van der Waals surface area contributed by atoms with Crippen molar-refractivity contribution in [3.8, 4) is 0 Å². The molecule has 0 nitrogen and oxygen atoms in total. The second-order valence-electron chi connectivity index (χ2n) is 14.2. The molecular formula is C36H42. The third-order valence-electron chi connectivity index (χ3n) is 12.1. The van der Waals surface area contributed by atoms with E-state index in [0.717, 1.165) is 47.3 Å². The summed E-state index contributed by atoms with van der Waals surface area (Å²) in [7, 11) is 0. The number of rotatable bonds is 5. The van der Waals surface area contributed by atoms with Crippen molar-refractivity contribution in [2.24, 2.45) is 58.2 Å². The highest BCUT2D eigenvalue weighted by molar-refractivity contribution is 5.52. The molecule has 0 aromatic heterocycles. The number of benzene rings is 2. The molecule has 0 aliphatic heterocycles. The monoisotopic (exact) mass is 474 g/mol. The predicted octanol–water partition coefficient (Wildman–Crippen LogP) is 9.30. The molecule has 8 aliphatic carbocycles. The van der Waals surface area contributed by atoms with E-state index in [0.29, 0.717) is 10.8 Å². The highest BCUT2D eigenvalue weighted by atomic mass is 14.7. The minimum atomic E-state index is 0.443. The Morgan fingerprint density at radius 1 is 0.472 bits per heavy atom. The van der Waals surface area contributed by atoms with E-state index in [1.165, 1.54) is 75.3 Å². The molecule has 0 heteroatoms. The second-order valence-corrected chi connectivity index (χ2v) is 14.2. The summed E-state index contributed by atoms with van der Waals surface area (Å²) in [5.74, 6) is 7.71. The third-order valence-corrected chi connectivity index (χ3v) is 12.1. The van der Waals surface area contributed by atoms with Gasteiger partial charge in [0.1, 0.15) is 0 Å². The molecule has 0 radical (unpaired) electrons. The molecule has 6 atom stereocenters. The van der Waals surface area contributed by atoms with Crippen LogP contribution in [-0.2, 0) is 0 Å². The average Bonchev–Trinajstić information content (AvgIpc) is 2.88. The first-order valence-electron chi connectivity index (χ1n) is 15.2. The highest BCUT2D eigenvalue weighted by Gasteiger charge is 2.65. The Balaban J connectivity index is 1.22. The Bertz CT molecular complexity index is 1030. The lowest BCUT2D eigenvalue weighted by Gasteiger charge is -2.70. The van der Waals surface area contributed by atoms with E-state index in [2.05, 4.69) is 85.0 Å². The molecule has 0 saturated heterocycles. The predicted molar refractivity (Wildman–Crippen MR) is 150 cm³/mol. The van der Waals surface area contributed by atoms with Crippen molar-refractivity contribution < 1.29 is 0 Å². The van der Waals surface area contributed by atoms with E-state index in [1.54, 1.807) is 0 Å². The molecule has 8 fully saturated rings. The molecule has 6 unspecified atom stereocenters. The summed E-state index contributed by atoms with van der Waals surface area (Å²) >= 11 is 0. The van der Waals surface area contributed by atoms with Gasteiger partial charge in [-0.15, -0.1) is 0 Å². The van der Waals surface area contributed by atoms with Gasteiger partial charge in [-0.1, -0.05) is 85.0 Å². The van der Waals surface area contributed by atoms with Gasteiger partial charge >= 0.3 is 0 Å². The Morgan fingerprint density at radius 2 is 0.833 bits per heavy atom. The van der Waals surface area contributed by atoms with Crippen LogP contribution in [-0.4, -0.2) is 0 Å². The highest BCUT2D eigenvalue weighted by Crippen LogP contribution is 2.73. The van der Waals surface area contributed by atoms with Gasteiger partial charge in [0.15, 0.2) is 0 Å². The Kier molecular flexibility index (Phi) is 5.01. The van der Waals surface area contributed by atoms with Crippen molar-refractivity contribution >= 4 is 12.2 Å². The van der Waals surface area contributed by atoms with Crippen molar-refractivity contribution in [1.29, 1.82) is 0 Å². The maximum absolute atomic E-state index is 2.79. The van der Waals surface area contributed by atoms with Gasteiger partial charge in [0, 0.05) is 0 Å². The Hall–Kier alpha value is -2.08. The van der Waals surface area contributed by atoms with E-state index >= 15 is 0 Å². The van der Waals surface area contributed by atoms with Gasteiger partial charge in [-0.2, -0.15) is 0 Å². The smallest absolute Gasteiger partial charge is 0.00757 e. The number of hydrogen-bond acceptors (Lipinski definition) is 0. The summed E-state index contributed by atoms with van der Waals surface area (Å²) < 4.78 is 0. The average molecular weight is 475 g/mol. The molecule has 0 amide bonds. The molecule has 8 saturated carbocycles. The first-order chi connectivity index (χ1) is 17.7. The molecule has 10 rings (SSSR count). The van der Waals surface area contributed by atoms with Crippen LogP contribution in [0.3, 0.4) is 0 Å². The molecule has 2 aromatic rings. The Morgan fingerprint density at radius 3 is 1.19 bits per heavy atom. The van der Waals surface area contributed by atoms with E-state index in [-0.39, 0.29) is 0 Å². The Labute approximate surface area is 218 Å². The van der Waals surface area contributed by atoms with Crippen LogP contribution in [0.1, 0.15) is 75.3 Å². The molecule has 2 aromatic carbocycles. The van der Waals surface area contributed by atoms with Crippen LogP contribution < -0.4 is 0 Å². The summed E-state index contributed by atoms with van der Waals surface area (Å²) in [5, 5.41) is 0. The van der Waals surface area contributed by atoms with Crippen LogP contribution in [0.25, 0.3) is 12.2 Å². The second kappa shape index (κ2) is 8.21. The van der Waals surface area contributed by atoms with Gasteiger partial charge in [-0.3, -0.25) is 0 Å². The van der Waals surface area contributed by atoms with Crippen molar-refractivity contribution in [3.05, 3.63) is 83.9 Å². The zero-order chi connectivity index (χ0) is 23.7. The summed E-state index contributed by atoms with van der Waals surface area (Å²) in [5.41, 5.74) is 3.68. The summed E-state index contributed by atoms with van der Waals surface area (Å²) in [6, 6.07) is 22.4. The van der Waals surface area contributed by atoms with Crippen molar-refractivity contribution in [1.82, 2.24) is 0 Å². The largest absolute Gasteiger partial charge is 0.0774 e. The first-order valence-corrected chi connectivity index (χ1v) is 15.2. The van der Waals surface area contributed by atoms with Crippen molar-refractivity contribution in [3.63, 3.8) is 0 Å². The zero-order valence-corrected chi connectivity index (χ0v) is 21.8. The SMILES string of the molecule is C(=C\C12CC3CC(CC(C3)C1C1C3CC4CC(C3)CC1(/C=C/c1ccccc1)C4)C2)/c1ccccc1.